The van der Waals surface area contributed by atoms with E-state index in [9.17, 15) is 19.2 Å². The fourth-order valence-corrected chi connectivity index (χ4v) is 9.41. The predicted octanol–water partition coefficient (Wildman–Crippen LogP) is 6.56. The van der Waals surface area contributed by atoms with Crippen LogP contribution in [0.5, 0.6) is 0 Å². The van der Waals surface area contributed by atoms with Crippen molar-refractivity contribution in [2.45, 2.75) is 136 Å². The maximum absolute atomic E-state index is 12.5. The third-order valence-electron chi connectivity index (χ3n) is 8.85. The van der Waals surface area contributed by atoms with Crippen LogP contribution in [0, 0.1) is 0 Å². The fourth-order valence-electron chi connectivity index (χ4n) is 5.64. The van der Waals surface area contributed by atoms with Gasteiger partial charge in [0.1, 0.15) is 0 Å². The Hall–Kier alpha value is -0.682. The van der Waals surface area contributed by atoms with E-state index in [0.29, 0.717) is 106 Å². The summed E-state index contributed by atoms with van der Waals surface area (Å²) in [6.07, 6.45) is 21.3. The van der Waals surface area contributed by atoms with Gasteiger partial charge in [-0.15, -0.1) is 0 Å². The number of nitrogens with zero attached hydrogens (tertiary/aromatic N) is 3. The second kappa shape index (κ2) is 44.4. The van der Waals surface area contributed by atoms with Gasteiger partial charge in [-0.25, -0.2) is 0 Å². The number of carbonyl (C=O) groups excluding carboxylic acids is 4. The van der Waals surface area contributed by atoms with Gasteiger partial charge in [-0.1, -0.05) is 0 Å². The van der Waals surface area contributed by atoms with Crippen LogP contribution in [0.1, 0.15) is 104 Å². The first kappa shape index (κ1) is 57.3. The minimum absolute atomic E-state index is 0.181. The van der Waals surface area contributed by atoms with Crippen molar-refractivity contribution in [3.05, 3.63) is 24.3 Å². The normalized spacial score (nSPS) is 11.7. The number of hydrogen-bond donors (Lipinski definition) is 0. The second-order valence-electron chi connectivity index (χ2n) is 14.0. The van der Waals surface area contributed by atoms with Crippen molar-refractivity contribution in [2.75, 3.05) is 85.8 Å². The summed E-state index contributed by atoms with van der Waals surface area (Å²) in [6.45, 7) is 11.4. The molecule has 0 aromatic rings. The molecule has 0 unspecified atom stereocenters. The summed E-state index contributed by atoms with van der Waals surface area (Å²) in [5.41, 5.74) is 0. The van der Waals surface area contributed by atoms with E-state index < -0.39 is 0 Å². The molecule has 11 nitrogen and oxygen atoms in total. The first-order valence-corrected chi connectivity index (χ1v) is 28.9. The molecule has 0 saturated heterocycles. The SMILES string of the molecule is CC/C=C\CCCC[Se]CCOC(=O)CCN(CCCN(C)CCCN(CCC(=O)OCC[Se])CCC(=O)OCC[Se]CCCC/C=C\CC)CCC(=O)OCC[Se]. The summed E-state index contributed by atoms with van der Waals surface area (Å²) in [4.78, 5) is 56.2. The van der Waals surface area contributed by atoms with Gasteiger partial charge in [-0.2, -0.15) is 0 Å². The molecule has 0 amide bonds. The average molecular weight is 1080 g/mol. The third kappa shape index (κ3) is 40.7. The summed E-state index contributed by atoms with van der Waals surface area (Å²) in [5.74, 6) is -0.814. The number of esters is 4. The van der Waals surface area contributed by atoms with E-state index in [1.54, 1.807) is 0 Å². The molecule has 0 bridgehead atoms. The number of ether oxygens (including phenoxy) is 4. The van der Waals surface area contributed by atoms with E-state index in [4.69, 9.17) is 18.9 Å². The Labute approximate surface area is 381 Å². The molecule has 15 heteroatoms. The van der Waals surface area contributed by atoms with Crippen LogP contribution in [0.2, 0.25) is 31.9 Å². The summed E-state index contributed by atoms with van der Waals surface area (Å²) in [5, 5.41) is 5.68. The van der Waals surface area contributed by atoms with Crippen LogP contribution in [-0.4, -0.2) is 186 Å². The zero-order chi connectivity index (χ0) is 42.7. The van der Waals surface area contributed by atoms with Crippen LogP contribution in [0.3, 0.4) is 0 Å². The topological polar surface area (TPSA) is 115 Å². The van der Waals surface area contributed by atoms with Gasteiger partial charge in [0.15, 0.2) is 0 Å². The fraction of sp³-hybridized carbons (Fsp3) is 0.814. The zero-order valence-electron chi connectivity index (χ0n) is 36.2. The van der Waals surface area contributed by atoms with E-state index in [-0.39, 0.29) is 36.7 Å². The second-order valence-corrected chi connectivity index (χ2v) is 20.8. The van der Waals surface area contributed by atoms with Gasteiger partial charge < -0.3 is 0 Å². The van der Waals surface area contributed by atoms with E-state index in [2.05, 4.69) is 91.9 Å². The van der Waals surface area contributed by atoms with Crippen molar-refractivity contribution < 1.29 is 38.1 Å². The van der Waals surface area contributed by atoms with Crippen LogP contribution in [-0.2, 0) is 38.1 Å². The number of unbranched alkanes of at least 4 members (excludes halogenated alkanes) is 4. The van der Waals surface area contributed by atoms with Crippen LogP contribution in [0.4, 0.5) is 0 Å². The van der Waals surface area contributed by atoms with Crippen molar-refractivity contribution in [1.29, 1.82) is 0 Å². The number of allylic oxidation sites excluding steroid dienone is 4. The molecule has 0 aromatic heterocycles. The van der Waals surface area contributed by atoms with Gasteiger partial charge in [0.05, 0.1) is 0 Å². The van der Waals surface area contributed by atoms with Crippen molar-refractivity contribution >= 4 is 85.8 Å². The third-order valence-corrected chi connectivity index (χ3v) is 13.9. The zero-order valence-corrected chi connectivity index (χ0v) is 43.0. The van der Waals surface area contributed by atoms with Crippen LogP contribution < -0.4 is 0 Å². The summed E-state index contributed by atoms with van der Waals surface area (Å²) in [7, 11) is 2.09. The molecule has 0 aliphatic heterocycles. The van der Waals surface area contributed by atoms with E-state index >= 15 is 0 Å². The molecule has 58 heavy (non-hydrogen) atoms. The van der Waals surface area contributed by atoms with Crippen LogP contribution in [0.25, 0.3) is 0 Å². The standard InChI is InChI=1S/C43H77N3O8Se4/c1-4-6-8-10-12-14-36-57-38-32-53-42(49)20-28-45(26-18-40(47)51-30-34-55)24-16-22-44(3)23-17-25-46(27-19-41(48)52-31-35-56)29-21-43(50)54-33-39-58-37-15-13-11-9-7-5-2/h6-9H,4-5,10-39H2,1-3H3/b8-6-,9-7-. The molecule has 2 radical (unpaired) electrons. The van der Waals surface area contributed by atoms with Crippen molar-refractivity contribution in [3.63, 3.8) is 0 Å². The Balaban J connectivity index is 4.69. The van der Waals surface area contributed by atoms with Gasteiger partial charge in [-0.3, -0.25) is 0 Å². The number of hydrogen-bond acceptors (Lipinski definition) is 11. The Morgan fingerprint density at radius 3 is 1.17 bits per heavy atom. The monoisotopic (exact) mass is 1080 g/mol. The van der Waals surface area contributed by atoms with Gasteiger partial charge >= 0.3 is 384 Å². The molecular formula is C43H77N3O8Se4. The Bertz CT molecular complexity index is 993. The Kier molecular flexibility index (Phi) is 43.9. The quantitative estimate of drug-likeness (QED) is 0.0218. The predicted molar refractivity (Wildman–Crippen MR) is 240 cm³/mol. The average Bonchev–Trinajstić information content (AvgIpc) is 3.22. The first-order chi connectivity index (χ1) is 28.2. The summed E-state index contributed by atoms with van der Waals surface area (Å²) >= 11 is 6.71. The van der Waals surface area contributed by atoms with Crippen molar-refractivity contribution in [2.24, 2.45) is 0 Å². The molecular weight excluding hydrogens is 1000 g/mol. The number of rotatable bonds is 42. The van der Waals surface area contributed by atoms with Gasteiger partial charge in [0.25, 0.3) is 0 Å². The molecule has 336 valence electrons. The first-order valence-electron chi connectivity index (χ1n) is 21.6. The number of carbonyl (C=O) groups is 4. The molecule has 0 aromatic carbocycles. The van der Waals surface area contributed by atoms with Gasteiger partial charge in [0.2, 0.25) is 0 Å². The van der Waals surface area contributed by atoms with E-state index in [1.165, 1.54) is 36.3 Å². The van der Waals surface area contributed by atoms with Crippen LogP contribution in [0.15, 0.2) is 24.3 Å². The molecule has 0 aliphatic rings. The molecule has 0 atom stereocenters. The molecule has 0 N–H and O–H groups in total. The molecule has 0 heterocycles. The van der Waals surface area contributed by atoms with Crippen molar-refractivity contribution in [1.82, 2.24) is 14.7 Å². The van der Waals surface area contributed by atoms with Crippen LogP contribution >= 0.6 is 0 Å². The van der Waals surface area contributed by atoms with E-state index in [0.717, 1.165) is 75.3 Å². The molecule has 0 fully saturated rings. The molecule has 0 saturated carbocycles. The maximum atomic E-state index is 12.5. The van der Waals surface area contributed by atoms with Gasteiger partial charge in [0, 0.05) is 0 Å². The Morgan fingerprint density at radius 2 is 0.828 bits per heavy atom. The van der Waals surface area contributed by atoms with Gasteiger partial charge in [-0.05, 0) is 0 Å². The molecule has 0 aliphatic carbocycles. The van der Waals surface area contributed by atoms with E-state index in [1.807, 2.05) is 0 Å². The minimum atomic E-state index is -0.226. The summed E-state index contributed by atoms with van der Waals surface area (Å²) in [6, 6.07) is 0. The molecule has 0 spiro atoms. The van der Waals surface area contributed by atoms with Crippen molar-refractivity contribution in [3.8, 4) is 0 Å². The summed E-state index contributed by atoms with van der Waals surface area (Å²) < 4.78 is 21.6. The molecule has 0 rings (SSSR count). The Morgan fingerprint density at radius 1 is 0.466 bits per heavy atom.